The normalized spacial score (nSPS) is 14.5. The molecule has 62 heavy (non-hydrogen) atoms. The first-order valence-corrected chi connectivity index (χ1v) is 21.7. The topological polar surface area (TPSA) is 17.8 Å². The number of aryl methyl sites for hydroxylation is 1. The van der Waals surface area contributed by atoms with E-state index in [9.17, 15) is 0 Å². The van der Waals surface area contributed by atoms with Crippen molar-refractivity contribution in [3.63, 3.8) is 0 Å². The lowest BCUT2D eigenvalue weighted by atomic mass is 9.52. The SMILES string of the molecule is Cn1c(-c2c3ccccc3c(-c3ccc4c(c3)C3(c5ccccc5-c5ccccc53)c3ccccc3C43c4ccccc4-c4ccccc43)c3ccccc23)nc2ccccc21. The zero-order valence-corrected chi connectivity index (χ0v) is 34.1. The van der Waals surface area contributed by atoms with Gasteiger partial charge in [-0.05, 0) is 118 Å². The Balaban J connectivity index is 1.16. The lowest BCUT2D eigenvalue weighted by Crippen LogP contribution is -2.43. The number of benzene rings is 10. The molecule has 14 rings (SSSR count). The molecule has 0 radical (unpaired) electrons. The van der Waals surface area contributed by atoms with Crippen LogP contribution in [0, 0.1) is 0 Å². The minimum Gasteiger partial charge on any atom is -0.327 e. The van der Waals surface area contributed by atoms with E-state index in [2.05, 4.69) is 224 Å². The fraction of sp³-hybridized carbons (Fsp3) is 0.0500. The van der Waals surface area contributed by atoms with E-state index in [1.54, 1.807) is 0 Å². The predicted octanol–water partition coefficient (Wildman–Crippen LogP) is 14.3. The molecule has 0 atom stereocenters. The summed E-state index contributed by atoms with van der Waals surface area (Å²) in [5, 5.41) is 4.84. The highest BCUT2D eigenvalue weighted by Gasteiger charge is 2.59. The predicted molar refractivity (Wildman–Crippen MR) is 255 cm³/mol. The molecule has 0 aliphatic heterocycles. The van der Waals surface area contributed by atoms with Gasteiger partial charge >= 0.3 is 0 Å². The van der Waals surface area contributed by atoms with Crippen LogP contribution in [0.3, 0.4) is 0 Å². The van der Waals surface area contributed by atoms with Crippen LogP contribution in [0.25, 0.3) is 77.3 Å². The van der Waals surface area contributed by atoms with Crippen molar-refractivity contribution in [1.29, 1.82) is 0 Å². The van der Waals surface area contributed by atoms with E-state index in [1.807, 2.05) is 0 Å². The number of nitrogens with zero attached hydrogens (tertiary/aromatic N) is 2. The van der Waals surface area contributed by atoms with Crippen molar-refractivity contribution in [1.82, 2.24) is 9.55 Å². The highest BCUT2D eigenvalue weighted by Crippen LogP contribution is 2.67. The summed E-state index contributed by atoms with van der Waals surface area (Å²) in [6.07, 6.45) is 0. The molecule has 2 nitrogen and oxygen atoms in total. The third-order valence-electron chi connectivity index (χ3n) is 14.7. The lowest BCUT2D eigenvalue weighted by Gasteiger charge is -2.49. The average molecular weight is 787 g/mol. The van der Waals surface area contributed by atoms with Gasteiger partial charge in [-0.1, -0.05) is 194 Å². The maximum Gasteiger partial charge on any atom is 0.142 e. The van der Waals surface area contributed by atoms with Crippen molar-refractivity contribution in [3.05, 3.63) is 257 Å². The molecule has 11 aromatic rings. The molecule has 0 N–H and O–H groups in total. The van der Waals surface area contributed by atoms with E-state index in [0.29, 0.717) is 0 Å². The van der Waals surface area contributed by atoms with E-state index >= 15 is 0 Å². The first kappa shape index (κ1) is 34.0. The molecule has 3 aliphatic carbocycles. The summed E-state index contributed by atoms with van der Waals surface area (Å²) in [4.78, 5) is 5.30. The van der Waals surface area contributed by atoms with E-state index in [-0.39, 0.29) is 0 Å². The standard InChI is InChI=1S/C60H38N2/c1-62-55-33-17-16-32-54(55)61-58(62)57-44-24-4-2-22-42(44)56(43-23-3-5-25-45(43)57)37-34-35-52-53(36-37)60(48-28-12-8-20-40(48)41-21-9-13-29-49(41)60)51-31-15-14-30-50(51)59(52)46-26-10-6-18-38(46)39-19-7-11-27-47(39)59/h2-36H,1H3. The number of rotatable bonds is 2. The van der Waals surface area contributed by atoms with Crippen LogP contribution in [0.2, 0.25) is 0 Å². The molecule has 1 heterocycles. The molecule has 0 saturated heterocycles. The van der Waals surface area contributed by atoms with Gasteiger partial charge in [0.25, 0.3) is 0 Å². The van der Waals surface area contributed by atoms with Crippen LogP contribution in [-0.4, -0.2) is 9.55 Å². The molecule has 3 aliphatic rings. The number of imidazole rings is 1. The molecule has 2 spiro atoms. The Morgan fingerprint density at radius 2 is 0.710 bits per heavy atom. The van der Waals surface area contributed by atoms with Crippen LogP contribution in [0.1, 0.15) is 44.5 Å². The van der Waals surface area contributed by atoms with Gasteiger partial charge in [0, 0.05) is 12.6 Å². The quantitative estimate of drug-likeness (QED) is 0.160. The second-order valence-electron chi connectivity index (χ2n) is 17.3. The van der Waals surface area contributed by atoms with Gasteiger partial charge in [0.15, 0.2) is 0 Å². The van der Waals surface area contributed by atoms with Crippen molar-refractivity contribution in [2.24, 2.45) is 7.05 Å². The molecule has 288 valence electrons. The Morgan fingerprint density at radius 3 is 1.19 bits per heavy atom. The summed E-state index contributed by atoms with van der Waals surface area (Å²) >= 11 is 0. The van der Waals surface area contributed by atoms with Gasteiger partial charge < -0.3 is 4.57 Å². The van der Waals surface area contributed by atoms with Crippen LogP contribution in [0.15, 0.2) is 212 Å². The molecule has 0 saturated carbocycles. The summed E-state index contributed by atoms with van der Waals surface area (Å²) in [5.74, 6) is 0.978. The average Bonchev–Trinajstić information content (AvgIpc) is 3.94. The largest absolute Gasteiger partial charge is 0.327 e. The van der Waals surface area contributed by atoms with Gasteiger partial charge in [-0.15, -0.1) is 0 Å². The van der Waals surface area contributed by atoms with Crippen molar-refractivity contribution < 1.29 is 0 Å². The first-order valence-electron chi connectivity index (χ1n) is 21.7. The molecule has 0 unspecified atom stereocenters. The molecule has 1 aromatic heterocycles. The van der Waals surface area contributed by atoms with Crippen LogP contribution in [0.5, 0.6) is 0 Å². The van der Waals surface area contributed by atoms with Gasteiger partial charge in [-0.25, -0.2) is 4.98 Å². The number of hydrogen-bond acceptors (Lipinski definition) is 1. The number of para-hydroxylation sites is 2. The molecule has 2 heteroatoms. The van der Waals surface area contributed by atoms with Gasteiger partial charge in [0.2, 0.25) is 0 Å². The van der Waals surface area contributed by atoms with Crippen LogP contribution < -0.4 is 0 Å². The number of hydrogen-bond donors (Lipinski definition) is 0. The van der Waals surface area contributed by atoms with E-state index in [4.69, 9.17) is 4.98 Å². The zero-order chi connectivity index (χ0) is 40.7. The Morgan fingerprint density at radius 1 is 0.339 bits per heavy atom. The van der Waals surface area contributed by atoms with E-state index in [1.165, 1.54) is 105 Å². The lowest BCUT2D eigenvalue weighted by molar-refractivity contribution is 0.633. The summed E-state index contributed by atoms with van der Waals surface area (Å²) in [6, 6.07) is 80.0. The molecule has 10 aromatic carbocycles. The second-order valence-corrected chi connectivity index (χ2v) is 17.3. The molecular formula is C60H38N2. The minimum atomic E-state index is -0.564. The summed E-state index contributed by atoms with van der Waals surface area (Å²) in [6.45, 7) is 0. The molecular weight excluding hydrogens is 749 g/mol. The van der Waals surface area contributed by atoms with Crippen molar-refractivity contribution >= 4 is 32.6 Å². The van der Waals surface area contributed by atoms with Crippen molar-refractivity contribution in [3.8, 4) is 44.8 Å². The van der Waals surface area contributed by atoms with Crippen LogP contribution in [-0.2, 0) is 17.9 Å². The molecule has 0 bridgehead atoms. The fourth-order valence-corrected chi connectivity index (χ4v) is 12.4. The van der Waals surface area contributed by atoms with Gasteiger partial charge in [0.1, 0.15) is 5.82 Å². The first-order chi connectivity index (χ1) is 30.7. The van der Waals surface area contributed by atoms with Gasteiger partial charge in [-0.3, -0.25) is 0 Å². The Bertz CT molecular complexity index is 3580. The smallest absolute Gasteiger partial charge is 0.142 e. The van der Waals surface area contributed by atoms with E-state index < -0.39 is 10.8 Å². The van der Waals surface area contributed by atoms with Gasteiger partial charge in [0.05, 0.1) is 21.9 Å². The Labute approximate surface area is 360 Å². The highest BCUT2D eigenvalue weighted by molar-refractivity contribution is 6.21. The Hall–Kier alpha value is -7.81. The number of aromatic nitrogens is 2. The van der Waals surface area contributed by atoms with Gasteiger partial charge in [-0.2, -0.15) is 0 Å². The third kappa shape index (κ3) is 3.99. The maximum absolute atomic E-state index is 5.30. The monoisotopic (exact) mass is 786 g/mol. The zero-order valence-electron chi connectivity index (χ0n) is 34.1. The molecule has 0 fully saturated rings. The highest BCUT2D eigenvalue weighted by atomic mass is 15.1. The maximum atomic E-state index is 5.30. The van der Waals surface area contributed by atoms with Crippen molar-refractivity contribution in [2.75, 3.05) is 0 Å². The summed E-state index contributed by atoms with van der Waals surface area (Å²) < 4.78 is 2.26. The van der Waals surface area contributed by atoms with Crippen LogP contribution in [0.4, 0.5) is 0 Å². The molecule has 0 amide bonds. The minimum absolute atomic E-state index is 0.524. The summed E-state index contributed by atoms with van der Waals surface area (Å²) in [5.41, 5.74) is 20.7. The van der Waals surface area contributed by atoms with Crippen LogP contribution >= 0.6 is 0 Å². The number of fused-ring (bicyclic) bond motifs is 19. The summed E-state index contributed by atoms with van der Waals surface area (Å²) in [7, 11) is 2.15. The fourth-order valence-electron chi connectivity index (χ4n) is 12.4. The van der Waals surface area contributed by atoms with E-state index in [0.717, 1.165) is 16.9 Å². The third-order valence-corrected chi connectivity index (χ3v) is 14.7. The Kier molecular flexibility index (Phi) is 6.66. The van der Waals surface area contributed by atoms with Crippen molar-refractivity contribution in [2.45, 2.75) is 10.8 Å². The second kappa shape index (κ2) is 12.2.